The summed E-state index contributed by atoms with van der Waals surface area (Å²) in [5, 5.41) is 12.1. The highest BCUT2D eigenvalue weighted by molar-refractivity contribution is 7.99. The van der Waals surface area contributed by atoms with Crippen LogP contribution in [0.5, 0.6) is 0 Å². The molecule has 7 heteroatoms. The van der Waals surface area contributed by atoms with E-state index in [0.29, 0.717) is 18.9 Å². The fraction of sp³-hybridized carbons (Fsp3) is 0.438. The zero-order valence-corrected chi connectivity index (χ0v) is 14.5. The molecule has 0 atom stereocenters. The smallest absolute Gasteiger partial charge is 0.230 e. The second-order valence-corrected chi connectivity index (χ2v) is 6.27. The summed E-state index contributed by atoms with van der Waals surface area (Å²) in [4.78, 5) is 11.8. The first-order valence-electron chi connectivity index (χ1n) is 7.51. The van der Waals surface area contributed by atoms with Gasteiger partial charge < -0.3 is 10.1 Å². The molecule has 0 radical (unpaired) electrons. The van der Waals surface area contributed by atoms with Crippen LogP contribution in [0.2, 0.25) is 0 Å². The van der Waals surface area contributed by atoms with E-state index >= 15 is 0 Å². The molecule has 0 aliphatic heterocycles. The third-order valence-electron chi connectivity index (χ3n) is 3.05. The second kappa shape index (κ2) is 8.69. The molecule has 0 aliphatic rings. The molecule has 0 aliphatic carbocycles. The van der Waals surface area contributed by atoms with Gasteiger partial charge in [-0.1, -0.05) is 42.1 Å². The molecule has 0 saturated carbocycles. The zero-order valence-electron chi connectivity index (χ0n) is 13.7. The van der Waals surface area contributed by atoms with Crippen molar-refractivity contribution in [3.63, 3.8) is 0 Å². The van der Waals surface area contributed by atoms with Crippen molar-refractivity contribution in [2.75, 3.05) is 19.5 Å². The number of benzene rings is 1. The number of carbonyl (C=O) groups excluding carboxylic acids is 1. The van der Waals surface area contributed by atoms with Crippen LogP contribution in [0.15, 0.2) is 35.5 Å². The molecule has 2 aromatic rings. The van der Waals surface area contributed by atoms with E-state index in [1.165, 1.54) is 11.8 Å². The van der Waals surface area contributed by atoms with Crippen LogP contribution in [0.25, 0.3) is 11.4 Å². The van der Waals surface area contributed by atoms with Crippen LogP contribution in [0, 0.1) is 0 Å². The maximum atomic E-state index is 11.8. The summed E-state index contributed by atoms with van der Waals surface area (Å²) >= 11 is 1.38. The summed E-state index contributed by atoms with van der Waals surface area (Å²) in [5.74, 6) is 1.10. The lowest BCUT2D eigenvalue weighted by molar-refractivity contribution is -0.119. The van der Waals surface area contributed by atoms with Crippen LogP contribution >= 0.6 is 11.8 Å². The summed E-state index contributed by atoms with van der Waals surface area (Å²) in [6.45, 7) is 5.08. The SMILES string of the molecule is COCCn1c(SCC(=O)NC(C)C)nnc1-c1ccccc1. The first-order valence-corrected chi connectivity index (χ1v) is 8.50. The van der Waals surface area contributed by atoms with Crippen molar-refractivity contribution >= 4 is 17.7 Å². The summed E-state index contributed by atoms with van der Waals surface area (Å²) < 4.78 is 7.17. The minimum Gasteiger partial charge on any atom is -0.383 e. The molecule has 0 fully saturated rings. The lowest BCUT2D eigenvalue weighted by Gasteiger charge is -2.10. The first kappa shape index (κ1) is 17.5. The average molecular weight is 334 g/mol. The lowest BCUT2D eigenvalue weighted by Crippen LogP contribution is -2.31. The average Bonchev–Trinajstić information content (AvgIpc) is 2.94. The van der Waals surface area contributed by atoms with Gasteiger partial charge in [-0.3, -0.25) is 9.36 Å². The second-order valence-electron chi connectivity index (χ2n) is 5.33. The molecular formula is C16H22N4O2S. The van der Waals surface area contributed by atoms with Crippen molar-refractivity contribution < 1.29 is 9.53 Å². The predicted octanol–water partition coefficient (Wildman–Crippen LogP) is 2.21. The molecule has 1 aromatic carbocycles. The molecule has 0 unspecified atom stereocenters. The Morgan fingerprint density at radius 3 is 2.70 bits per heavy atom. The van der Waals surface area contributed by atoms with Gasteiger partial charge in [0.1, 0.15) is 0 Å². The molecule has 2 rings (SSSR count). The van der Waals surface area contributed by atoms with E-state index in [0.717, 1.165) is 16.5 Å². The minimum absolute atomic E-state index is 0.00690. The molecule has 23 heavy (non-hydrogen) atoms. The van der Waals surface area contributed by atoms with Gasteiger partial charge in [-0.05, 0) is 13.8 Å². The number of ether oxygens (including phenoxy) is 1. The summed E-state index contributed by atoms with van der Waals surface area (Å²) in [6, 6.07) is 10.0. The van der Waals surface area contributed by atoms with E-state index in [4.69, 9.17) is 4.74 Å². The van der Waals surface area contributed by atoms with E-state index in [1.54, 1.807) is 7.11 Å². The third-order valence-corrected chi connectivity index (χ3v) is 4.02. The summed E-state index contributed by atoms with van der Waals surface area (Å²) in [7, 11) is 1.66. The first-order chi connectivity index (χ1) is 11.1. The molecule has 0 spiro atoms. The van der Waals surface area contributed by atoms with E-state index in [1.807, 2.05) is 48.7 Å². The maximum absolute atomic E-state index is 11.8. The van der Waals surface area contributed by atoms with Gasteiger partial charge in [0, 0.05) is 18.7 Å². The third kappa shape index (κ3) is 5.07. The normalized spacial score (nSPS) is 11.0. The van der Waals surface area contributed by atoms with Crippen molar-refractivity contribution in [3.8, 4) is 11.4 Å². The Kier molecular flexibility index (Phi) is 6.61. The number of rotatable bonds is 8. The molecule has 0 bridgehead atoms. The van der Waals surface area contributed by atoms with Crippen LogP contribution < -0.4 is 5.32 Å². The molecule has 1 N–H and O–H groups in total. The van der Waals surface area contributed by atoms with E-state index in [2.05, 4.69) is 15.5 Å². The van der Waals surface area contributed by atoms with Crippen molar-refractivity contribution in [2.24, 2.45) is 0 Å². The minimum atomic E-state index is -0.00690. The van der Waals surface area contributed by atoms with Crippen molar-refractivity contribution in [1.82, 2.24) is 20.1 Å². The van der Waals surface area contributed by atoms with Gasteiger partial charge in [-0.25, -0.2) is 0 Å². The standard InChI is InChI=1S/C16H22N4O2S/c1-12(2)17-14(21)11-23-16-19-18-15(20(16)9-10-22-3)13-7-5-4-6-8-13/h4-8,12H,9-11H2,1-3H3,(H,17,21). The molecule has 1 aromatic heterocycles. The number of hydrogen-bond donors (Lipinski definition) is 1. The van der Waals surface area contributed by atoms with E-state index < -0.39 is 0 Å². The molecule has 0 saturated heterocycles. The van der Waals surface area contributed by atoms with Crippen LogP contribution in [-0.4, -0.2) is 46.2 Å². The molecule has 124 valence electrons. The number of thioether (sulfide) groups is 1. The number of aromatic nitrogens is 3. The largest absolute Gasteiger partial charge is 0.383 e. The Hall–Kier alpha value is -1.86. The zero-order chi connectivity index (χ0) is 16.7. The van der Waals surface area contributed by atoms with Crippen molar-refractivity contribution in [3.05, 3.63) is 30.3 Å². The van der Waals surface area contributed by atoms with Gasteiger partial charge in [-0.15, -0.1) is 10.2 Å². The molecule has 6 nitrogen and oxygen atoms in total. The van der Waals surface area contributed by atoms with Gasteiger partial charge in [0.25, 0.3) is 0 Å². The van der Waals surface area contributed by atoms with Gasteiger partial charge in [-0.2, -0.15) is 0 Å². The molecule has 1 amide bonds. The van der Waals surface area contributed by atoms with E-state index in [-0.39, 0.29) is 11.9 Å². The highest BCUT2D eigenvalue weighted by Gasteiger charge is 2.15. The monoisotopic (exact) mass is 334 g/mol. The number of carbonyl (C=O) groups is 1. The van der Waals surface area contributed by atoms with Gasteiger partial charge in [0.05, 0.1) is 18.9 Å². The molecular weight excluding hydrogens is 312 g/mol. The van der Waals surface area contributed by atoms with Crippen LogP contribution in [0.3, 0.4) is 0 Å². The lowest BCUT2D eigenvalue weighted by atomic mass is 10.2. The van der Waals surface area contributed by atoms with E-state index in [9.17, 15) is 4.79 Å². The molecule has 1 heterocycles. The quantitative estimate of drug-likeness (QED) is 0.750. The van der Waals surface area contributed by atoms with Crippen LogP contribution in [0.1, 0.15) is 13.8 Å². The highest BCUT2D eigenvalue weighted by Crippen LogP contribution is 2.23. The number of hydrogen-bond acceptors (Lipinski definition) is 5. The summed E-state index contributed by atoms with van der Waals surface area (Å²) in [5.41, 5.74) is 0.995. The van der Waals surface area contributed by atoms with Gasteiger partial charge in [0.2, 0.25) is 5.91 Å². The topological polar surface area (TPSA) is 69.0 Å². The van der Waals surface area contributed by atoms with Gasteiger partial charge >= 0.3 is 0 Å². The highest BCUT2D eigenvalue weighted by atomic mass is 32.2. The predicted molar refractivity (Wildman–Crippen MR) is 91.3 cm³/mol. The fourth-order valence-corrected chi connectivity index (χ4v) is 2.85. The summed E-state index contributed by atoms with van der Waals surface area (Å²) in [6.07, 6.45) is 0. The van der Waals surface area contributed by atoms with Crippen LogP contribution in [-0.2, 0) is 16.1 Å². The Morgan fingerprint density at radius 1 is 1.30 bits per heavy atom. The number of methoxy groups -OCH3 is 1. The van der Waals surface area contributed by atoms with Crippen molar-refractivity contribution in [2.45, 2.75) is 31.6 Å². The fourth-order valence-electron chi connectivity index (χ4n) is 2.07. The maximum Gasteiger partial charge on any atom is 0.230 e. The number of amides is 1. The number of nitrogens with zero attached hydrogens (tertiary/aromatic N) is 3. The Labute approximate surface area is 140 Å². The van der Waals surface area contributed by atoms with Crippen LogP contribution in [0.4, 0.5) is 0 Å². The number of nitrogens with one attached hydrogen (secondary N) is 1. The Balaban J connectivity index is 2.16. The Bertz CT molecular complexity index is 628. The van der Waals surface area contributed by atoms with Gasteiger partial charge in [0.15, 0.2) is 11.0 Å². The Morgan fingerprint density at radius 2 is 2.04 bits per heavy atom. The van der Waals surface area contributed by atoms with Crippen molar-refractivity contribution in [1.29, 1.82) is 0 Å².